The topological polar surface area (TPSA) is 110 Å². The standard InChI is InChI=1S/C22H27F2N4O7P/c1-3-5-15-13-26(6-7-28(15)36(31)33-8-4-9-34-36)20-18(23)10-16(11-19(20)24)27-14-17(35-22(27)30)12-25-21(29)32-2/h1,10-11,15,17H,4-9,12-14H2,2H3,(H,25,29). The third-order valence-corrected chi connectivity index (χ3v) is 8.25. The number of benzene rings is 1. The molecular weight excluding hydrogens is 501 g/mol. The lowest BCUT2D eigenvalue weighted by Crippen LogP contribution is -2.52. The van der Waals surface area contributed by atoms with Crippen molar-refractivity contribution in [3.05, 3.63) is 23.8 Å². The number of rotatable bonds is 6. The summed E-state index contributed by atoms with van der Waals surface area (Å²) in [5.74, 6) is 0.768. The molecule has 3 heterocycles. The van der Waals surface area contributed by atoms with Crippen molar-refractivity contribution in [1.29, 1.82) is 0 Å². The van der Waals surface area contributed by atoms with Crippen LogP contribution in [0.4, 0.5) is 29.7 Å². The first-order valence-electron chi connectivity index (χ1n) is 11.4. The number of halogens is 2. The summed E-state index contributed by atoms with van der Waals surface area (Å²) >= 11 is 0. The monoisotopic (exact) mass is 528 g/mol. The highest BCUT2D eigenvalue weighted by Crippen LogP contribution is 2.56. The van der Waals surface area contributed by atoms with Crippen molar-refractivity contribution in [2.75, 3.05) is 62.8 Å². The van der Waals surface area contributed by atoms with Gasteiger partial charge in [0.05, 0.1) is 39.1 Å². The van der Waals surface area contributed by atoms with Crippen molar-refractivity contribution in [3.8, 4) is 12.3 Å². The van der Waals surface area contributed by atoms with Crippen LogP contribution in [0.25, 0.3) is 0 Å². The Balaban J connectivity index is 1.49. The Hall–Kier alpha value is -2.91. The predicted molar refractivity (Wildman–Crippen MR) is 125 cm³/mol. The van der Waals surface area contributed by atoms with Crippen molar-refractivity contribution in [1.82, 2.24) is 9.99 Å². The van der Waals surface area contributed by atoms with Gasteiger partial charge < -0.3 is 19.7 Å². The quantitative estimate of drug-likeness (QED) is 0.440. The molecule has 0 bridgehead atoms. The van der Waals surface area contributed by atoms with Gasteiger partial charge in [-0.15, -0.1) is 12.3 Å². The van der Waals surface area contributed by atoms with Gasteiger partial charge in [0.25, 0.3) is 0 Å². The van der Waals surface area contributed by atoms with E-state index in [1.807, 2.05) is 0 Å². The number of anilines is 2. The van der Waals surface area contributed by atoms with Crippen LogP contribution in [0.5, 0.6) is 0 Å². The van der Waals surface area contributed by atoms with E-state index in [9.17, 15) is 14.2 Å². The molecule has 2 amide bonds. The van der Waals surface area contributed by atoms with Crippen molar-refractivity contribution in [2.24, 2.45) is 0 Å². The van der Waals surface area contributed by atoms with Crippen LogP contribution in [0.2, 0.25) is 0 Å². The highest BCUT2D eigenvalue weighted by molar-refractivity contribution is 7.51. The number of hydrogen-bond donors (Lipinski definition) is 1. The van der Waals surface area contributed by atoms with Crippen LogP contribution in [0.1, 0.15) is 12.8 Å². The molecule has 0 spiro atoms. The minimum absolute atomic E-state index is 0.0146. The molecule has 0 radical (unpaired) electrons. The molecule has 14 heteroatoms. The van der Waals surface area contributed by atoms with Gasteiger partial charge in [0.2, 0.25) is 0 Å². The first-order chi connectivity index (χ1) is 17.3. The molecule has 3 saturated heterocycles. The van der Waals surface area contributed by atoms with Gasteiger partial charge in [-0.3, -0.25) is 13.9 Å². The minimum atomic E-state index is -3.53. The van der Waals surface area contributed by atoms with Gasteiger partial charge in [-0.2, -0.15) is 0 Å². The molecular formula is C22H27F2N4O7P. The maximum Gasteiger partial charge on any atom is 0.414 e. The van der Waals surface area contributed by atoms with Crippen molar-refractivity contribution in [3.63, 3.8) is 0 Å². The fraction of sp³-hybridized carbons (Fsp3) is 0.545. The number of nitrogens with zero attached hydrogens (tertiary/aromatic N) is 3. The molecule has 3 aliphatic rings. The number of hydrogen-bond acceptors (Lipinski definition) is 8. The van der Waals surface area contributed by atoms with Gasteiger partial charge in [0, 0.05) is 44.2 Å². The number of cyclic esters (lactones) is 1. The molecule has 36 heavy (non-hydrogen) atoms. The van der Waals surface area contributed by atoms with Gasteiger partial charge in [0.1, 0.15) is 11.8 Å². The number of alkyl carbamates (subject to hydrolysis) is 1. The number of piperazine rings is 1. The van der Waals surface area contributed by atoms with Gasteiger partial charge in [-0.1, -0.05) is 0 Å². The minimum Gasteiger partial charge on any atom is -0.453 e. The SMILES string of the molecule is C#CCC1CN(c2c(F)cc(N3CC(CNC(=O)OC)OC3=O)cc2F)CCN1P1(=O)OCCCO1. The Morgan fingerprint density at radius 3 is 2.58 bits per heavy atom. The second kappa shape index (κ2) is 11.0. The van der Waals surface area contributed by atoms with E-state index in [0.29, 0.717) is 19.6 Å². The fourth-order valence-corrected chi connectivity index (χ4v) is 6.38. The largest absolute Gasteiger partial charge is 0.453 e. The molecule has 2 atom stereocenters. The summed E-state index contributed by atoms with van der Waals surface area (Å²) in [4.78, 5) is 26.1. The van der Waals surface area contributed by atoms with E-state index >= 15 is 8.78 Å². The Morgan fingerprint density at radius 2 is 1.94 bits per heavy atom. The number of carbonyl (C=O) groups is 2. The molecule has 3 aliphatic heterocycles. The molecule has 1 N–H and O–H groups in total. The van der Waals surface area contributed by atoms with E-state index in [1.54, 1.807) is 4.67 Å². The molecule has 3 fully saturated rings. The lowest BCUT2D eigenvalue weighted by molar-refractivity contribution is 0.0937. The highest BCUT2D eigenvalue weighted by atomic mass is 31.2. The number of ether oxygens (including phenoxy) is 2. The predicted octanol–water partition coefficient (Wildman–Crippen LogP) is 2.70. The number of carbonyl (C=O) groups excluding carboxylic acids is 2. The van der Waals surface area contributed by atoms with Gasteiger partial charge in [-0.25, -0.2) is 27.6 Å². The lowest BCUT2D eigenvalue weighted by Gasteiger charge is -2.44. The molecule has 196 valence electrons. The number of terminal acetylenes is 1. The van der Waals surface area contributed by atoms with Crippen molar-refractivity contribution >= 4 is 31.3 Å². The Morgan fingerprint density at radius 1 is 1.25 bits per heavy atom. The maximum absolute atomic E-state index is 15.2. The Bertz CT molecular complexity index is 1070. The molecule has 0 aliphatic carbocycles. The van der Waals surface area contributed by atoms with E-state index in [2.05, 4.69) is 16.0 Å². The summed E-state index contributed by atoms with van der Waals surface area (Å²) in [7, 11) is -2.34. The molecule has 1 aromatic carbocycles. The first-order valence-corrected chi connectivity index (χ1v) is 12.9. The van der Waals surface area contributed by atoms with Crippen LogP contribution in [-0.2, 0) is 23.1 Å². The second-order valence-corrected chi connectivity index (χ2v) is 10.4. The molecule has 0 aromatic heterocycles. The third kappa shape index (κ3) is 5.42. The fourth-order valence-electron chi connectivity index (χ4n) is 4.40. The smallest absolute Gasteiger partial charge is 0.414 e. The number of amides is 2. The van der Waals surface area contributed by atoms with E-state index in [1.165, 1.54) is 12.0 Å². The van der Waals surface area contributed by atoms with Gasteiger partial charge >= 0.3 is 19.9 Å². The summed E-state index contributed by atoms with van der Waals surface area (Å²) in [5.41, 5.74) is -0.299. The lowest BCUT2D eigenvalue weighted by atomic mass is 10.1. The van der Waals surface area contributed by atoms with Crippen molar-refractivity contribution < 1.29 is 41.5 Å². The van der Waals surface area contributed by atoms with E-state index in [4.69, 9.17) is 20.2 Å². The van der Waals surface area contributed by atoms with Gasteiger partial charge in [0.15, 0.2) is 11.6 Å². The third-order valence-electron chi connectivity index (χ3n) is 6.08. The highest BCUT2D eigenvalue weighted by Gasteiger charge is 2.43. The number of nitrogens with one attached hydrogen (secondary N) is 1. The van der Waals surface area contributed by atoms with Crippen LogP contribution >= 0.6 is 7.75 Å². The second-order valence-electron chi connectivity index (χ2n) is 8.41. The average Bonchev–Trinajstić information content (AvgIpc) is 3.23. The zero-order chi connectivity index (χ0) is 25.9. The molecule has 11 nitrogen and oxygen atoms in total. The van der Waals surface area contributed by atoms with E-state index in [0.717, 1.165) is 17.0 Å². The Kier molecular flexibility index (Phi) is 8.00. The van der Waals surface area contributed by atoms with Crippen LogP contribution in [0.15, 0.2) is 12.1 Å². The summed E-state index contributed by atoms with van der Waals surface area (Å²) < 4.78 is 65.7. The average molecular weight is 528 g/mol. The normalized spacial score (nSPS) is 24.2. The summed E-state index contributed by atoms with van der Waals surface area (Å²) in [6.45, 7) is 0.971. The summed E-state index contributed by atoms with van der Waals surface area (Å²) in [5, 5.41) is 2.41. The molecule has 4 rings (SSSR count). The molecule has 2 unspecified atom stereocenters. The Labute approximate surface area is 207 Å². The zero-order valence-electron chi connectivity index (χ0n) is 19.7. The summed E-state index contributed by atoms with van der Waals surface area (Å²) in [6.07, 6.45) is 4.10. The zero-order valence-corrected chi connectivity index (χ0v) is 20.5. The number of methoxy groups -OCH3 is 1. The van der Waals surface area contributed by atoms with Crippen LogP contribution < -0.4 is 15.1 Å². The van der Waals surface area contributed by atoms with E-state index in [-0.39, 0.29) is 50.5 Å². The summed E-state index contributed by atoms with van der Waals surface area (Å²) in [6, 6.07) is 1.59. The first kappa shape index (κ1) is 26.2. The van der Waals surface area contributed by atoms with E-state index < -0.39 is 43.7 Å². The van der Waals surface area contributed by atoms with Crippen LogP contribution in [0, 0.1) is 24.0 Å². The van der Waals surface area contributed by atoms with Crippen molar-refractivity contribution in [2.45, 2.75) is 25.0 Å². The van der Waals surface area contributed by atoms with Crippen LogP contribution in [-0.4, -0.2) is 82.1 Å². The molecule has 1 aromatic rings. The van der Waals surface area contributed by atoms with Crippen LogP contribution in [0.3, 0.4) is 0 Å². The maximum atomic E-state index is 15.2. The van der Waals surface area contributed by atoms with Gasteiger partial charge in [-0.05, 0) is 6.42 Å². The molecule has 0 saturated carbocycles.